The highest BCUT2D eigenvalue weighted by molar-refractivity contribution is 9.10. The molecule has 1 aliphatic rings. The second-order valence-electron chi connectivity index (χ2n) is 5.74. The van der Waals surface area contributed by atoms with Crippen molar-refractivity contribution >= 4 is 21.8 Å². The molecule has 1 saturated heterocycles. The normalized spacial score (nSPS) is 16.3. The van der Waals surface area contributed by atoms with Crippen molar-refractivity contribution in [2.75, 3.05) is 26.2 Å². The third-order valence-electron chi connectivity index (χ3n) is 3.89. The van der Waals surface area contributed by atoms with Crippen molar-refractivity contribution in [3.63, 3.8) is 0 Å². The van der Waals surface area contributed by atoms with Gasteiger partial charge in [-0.25, -0.2) is 0 Å². The first-order valence-electron chi connectivity index (χ1n) is 7.66. The molecule has 3 heterocycles. The first-order valence-corrected chi connectivity index (χ1v) is 8.45. The van der Waals surface area contributed by atoms with Crippen molar-refractivity contribution < 1.29 is 9.32 Å². The van der Waals surface area contributed by atoms with Crippen LogP contribution in [0.4, 0.5) is 0 Å². The van der Waals surface area contributed by atoms with Crippen molar-refractivity contribution in [2.24, 2.45) is 0 Å². The maximum Gasteiger partial charge on any atom is 0.255 e. The molecular formula is C16H19BrN4O2. The topological polar surface area (TPSA) is 62.5 Å². The summed E-state index contributed by atoms with van der Waals surface area (Å²) in [6.07, 6.45) is 4.25. The lowest BCUT2D eigenvalue weighted by atomic mass is 10.2. The number of carbonyl (C=O) groups is 1. The first-order chi connectivity index (χ1) is 11.1. The SMILES string of the molecule is Cc1cc(CN2CCCN(C(=O)c3cncc(Br)c3)CC2)no1. The van der Waals surface area contributed by atoms with E-state index in [4.69, 9.17) is 4.52 Å². The van der Waals surface area contributed by atoms with Crippen LogP contribution in [0.15, 0.2) is 33.5 Å². The second-order valence-corrected chi connectivity index (χ2v) is 6.66. The van der Waals surface area contributed by atoms with Crippen molar-refractivity contribution in [1.82, 2.24) is 19.9 Å². The van der Waals surface area contributed by atoms with Crippen LogP contribution in [0.1, 0.15) is 28.2 Å². The van der Waals surface area contributed by atoms with E-state index in [-0.39, 0.29) is 5.91 Å². The van der Waals surface area contributed by atoms with Gasteiger partial charge < -0.3 is 9.42 Å². The number of aryl methyl sites for hydroxylation is 1. The van der Waals surface area contributed by atoms with Crippen LogP contribution < -0.4 is 0 Å². The monoisotopic (exact) mass is 378 g/mol. The third-order valence-corrected chi connectivity index (χ3v) is 4.32. The summed E-state index contributed by atoms with van der Waals surface area (Å²) in [5.74, 6) is 0.867. The maximum atomic E-state index is 12.6. The summed E-state index contributed by atoms with van der Waals surface area (Å²) in [6, 6.07) is 3.77. The van der Waals surface area contributed by atoms with Gasteiger partial charge in [-0.1, -0.05) is 5.16 Å². The van der Waals surface area contributed by atoms with E-state index in [1.165, 1.54) is 0 Å². The zero-order valence-corrected chi connectivity index (χ0v) is 14.6. The van der Waals surface area contributed by atoms with Gasteiger partial charge in [-0.3, -0.25) is 14.7 Å². The first kappa shape index (κ1) is 16.1. The summed E-state index contributed by atoms with van der Waals surface area (Å²) in [7, 11) is 0. The molecule has 0 bridgehead atoms. The molecule has 3 rings (SSSR count). The van der Waals surface area contributed by atoms with E-state index in [0.29, 0.717) is 12.1 Å². The average Bonchev–Trinajstić information content (AvgIpc) is 2.80. The Kier molecular flexibility index (Phi) is 5.07. The van der Waals surface area contributed by atoms with E-state index in [9.17, 15) is 4.79 Å². The predicted molar refractivity (Wildman–Crippen MR) is 89.0 cm³/mol. The van der Waals surface area contributed by atoms with Crippen LogP contribution in [0, 0.1) is 6.92 Å². The number of nitrogens with zero attached hydrogens (tertiary/aromatic N) is 4. The lowest BCUT2D eigenvalue weighted by molar-refractivity contribution is 0.0760. The summed E-state index contributed by atoms with van der Waals surface area (Å²) in [5, 5.41) is 4.04. The predicted octanol–water partition coefficient (Wildman–Crippen LogP) is 2.49. The van der Waals surface area contributed by atoms with Gasteiger partial charge in [0.1, 0.15) is 5.76 Å². The van der Waals surface area contributed by atoms with Gasteiger partial charge in [-0.2, -0.15) is 0 Å². The average molecular weight is 379 g/mol. The molecule has 0 saturated carbocycles. The van der Waals surface area contributed by atoms with E-state index in [2.05, 4.69) is 31.0 Å². The Hall–Kier alpha value is -1.73. The van der Waals surface area contributed by atoms with Crippen molar-refractivity contribution in [2.45, 2.75) is 19.9 Å². The van der Waals surface area contributed by atoms with Gasteiger partial charge in [-0.15, -0.1) is 0 Å². The number of amides is 1. The largest absolute Gasteiger partial charge is 0.361 e. The quantitative estimate of drug-likeness (QED) is 0.820. The Morgan fingerprint density at radius 2 is 2.13 bits per heavy atom. The molecule has 2 aromatic heterocycles. The molecule has 0 radical (unpaired) electrons. The number of hydrogen-bond acceptors (Lipinski definition) is 5. The minimum Gasteiger partial charge on any atom is -0.361 e. The molecule has 0 atom stereocenters. The maximum absolute atomic E-state index is 12.6. The third kappa shape index (κ3) is 4.17. The summed E-state index contributed by atoms with van der Waals surface area (Å²) in [5.41, 5.74) is 1.57. The number of hydrogen-bond donors (Lipinski definition) is 0. The van der Waals surface area contributed by atoms with E-state index in [1.54, 1.807) is 12.4 Å². The fraction of sp³-hybridized carbons (Fsp3) is 0.438. The van der Waals surface area contributed by atoms with E-state index in [0.717, 1.165) is 48.5 Å². The van der Waals surface area contributed by atoms with Crippen molar-refractivity contribution in [3.8, 4) is 0 Å². The highest BCUT2D eigenvalue weighted by atomic mass is 79.9. The highest BCUT2D eigenvalue weighted by Crippen LogP contribution is 2.14. The zero-order valence-electron chi connectivity index (χ0n) is 13.0. The molecule has 6 nitrogen and oxygen atoms in total. The molecule has 1 amide bonds. The molecular weight excluding hydrogens is 360 g/mol. The minimum atomic E-state index is 0.0398. The Balaban J connectivity index is 1.60. The van der Waals surface area contributed by atoms with Crippen molar-refractivity contribution in [3.05, 3.63) is 46.0 Å². The van der Waals surface area contributed by atoms with Gasteiger partial charge >= 0.3 is 0 Å². The van der Waals surface area contributed by atoms with Crippen LogP contribution in [0.3, 0.4) is 0 Å². The fourth-order valence-electron chi connectivity index (χ4n) is 2.77. The van der Waals surface area contributed by atoms with Crippen LogP contribution in [0.2, 0.25) is 0 Å². The molecule has 0 spiro atoms. The molecule has 122 valence electrons. The molecule has 7 heteroatoms. The summed E-state index contributed by atoms with van der Waals surface area (Å²) in [4.78, 5) is 20.9. The minimum absolute atomic E-state index is 0.0398. The lowest BCUT2D eigenvalue weighted by Crippen LogP contribution is -2.35. The summed E-state index contributed by atoms with van der Waals surface area (Å²) in [6.45, 7) is 5.91. The number of halogens is 1. The Morgan fingerprint density at radius 1 is 1.26 bits per heavy atom. The van der Waals surface area contributed by atoms with E-state index >= 15 is 0 Å². The highest BCUT2D eigenvalue weighted by Gasteiger charge is 2.21. The molecule has 0 aliphatic carbocycles. The molecule has 0 unspecified atom stereocenters. The van der Waals surface area contributed by atoms with E-state index < -0.39 is 0 Å². The van der Waals surface area contributed by atoms with Crippen LogP contribution in [-0.4, -0.2) is 52.0 Å². The lowest BCUT2D eigenvalue weighted by Gasteiger charge is -2.21. The number of aromatic nitrogens is 2. The molecule has 2 aromatic rings. The van der Waals surface area contributed by atoms with Crippen LogP contribution >= 0.6 is 15.9 Å². The molecule has 0 aromatic carbocycles. The molecule has 1 aliphatic heterocycles. The smallest absolute Gasteiger partial charge is 0.255 e. The summed E-state index contributed by atoms with van der Waals surface area (Å²) >= 11 is 3.36. The molecule has 1 fully saturated rings. The Labute approximate surface area is 143 Å². The molecule has 0 N–H and O–H groups in total. The van der Waals surface area contributed by atoms with Crippen LogP contribution in [-0.2, 0) is 6.54 Å². The molecule has 23 heavy (non-hydrogen) atoms. The van der Waals surface area contributed by atoms with Gasteiger partial charge in [0.25, 0.3) is 5.91 Å². The van der Waals surface area contributed by atoms with Gasteiger partial charge in [0, 0.05) is 55.7 Å². The standard InChI is InChI=1S/C16H19BrN4O2/c1-12-7-15(19-23-12)11-20-3-2-4-21(6-5-20)16(22)13-8-14(17)10-18-9-13/h7-10H,2-6,11H2,1H3. The van der Waals surface area contributed by atoms with Crippen LogP contribution in [0.25, 0.3) is 0 Å². The number of pyridine rings is 1. The van der Waals surface area contributed by atoms with E-state index in [1.807, 2.05) is 24.0 Å². The number of carbonyl (C=O) groups excluding carboxylic acids is 1. The Bertz CT molecular complexity index is 688. The van der Waals surface area contributed by atoms with Gasteiger partial charge in [0.2, 0.25) is 0 Å². The van der Waals surface area contributed by atoms with Gasteiger partial charge in [0.05, 0.1) is 11.3 Å². The zero-order chi connectivity index (χ0) is 16.2. The van der Waals surface area contributed by atoms with Gasteiger partial charge in [-0.05, 0) is 35.3 Å². The van der Waals surface area contributed by atoms with Crippen LogP contribution in [0.5, 0.6) is 0 Å². The van der Waals surface area contributed by atoms with Crippen molar-refractivity contribution in [1.29, 1.82) is 0 Å². The second kappa shape index (κ2) is 7.23. The number of rotatable bonds is 3. The van der Waals surface area contributed by atoms with Gasteiger partial charge in [0.15, 0.2) is 0 Å². The Morgan fingerprint density at radius 3 is 2.87 bits per heavy atom. The summed E-state index contributed by atoms with van der Waals surface area (Å²) < 4.78 is 5.93. The fourth-order valence-corrected chi connectivity index (χ4v) is 3.13.